The van der Waals surface area contributed by atoms with Crippen LogP contribution in [0.5, 0.6) is 17.2 Å². The Hall–Kier alpha value is -3.88. The van der Waals surface area contributed by atoms with Gasteiger partial charge in [0.05, 0.1) is 27.8 Å². The Morgan fingerprint density at radius 3 is 2.21 bits per heavy atom. The zero-order valence-electron chi connectivity index (χ0n) is 16.3. The van der Waals surface area contributed by atoms with Gasteiger partial charge in [-0.25, -0.2) is 9.97 Å². The van der Waals surface area contributed by atoms with E-state index in [9.17, 15) is 4.79 Å². The Morgan fingerprint density at radius 2 is 1.59 bits per heavy atom. The van der Waals surface area contributed by atoms with E-state index in [0.29, 0.717) is 22.9 Å². The van der Waals surface area contributed by atoms with E-state index >= 15 is 0 Å². The molecule has 1 heterocycles. The molecule has 0 saturated carbocycles. The minimum atomic E-state index is -0.221. The fraction of sp³-hybridized carbons (Fsp3) is 0.200. The van der Waals surface area contributed by atoms with E-state index in [4.69, 9.17) is 14.2 Å². The van der Waals surface area contributed by atoms with Crippen LogP contribution < -0.4 is 24.8 Å². The Labute approximate surface area is 168 Å². The molecule has 2 N–H and O–H groups in total. The maximum Gasteiger partial charge on any atom is 0.234 e. The zero-order chi connectivity index (χ0) is 20.6. The van der Waals surface area contributed by atoms with Crippen LogP contribution in [0.4, 0.5) is 17.6 Å². The van der Waals surface area contributed by atoms with Gasteiger partial charge in [-0.05, 0) is 5.56 Å². The van der Waals surface area contributed by atoms with Crippen molar-refractivity contribution in [2.75, 3.05) is 32.0 Å². The molecule has 2 aromatic carbocycles. The Kier molecular flexibility index (Phi) is 6.41. The summed E-state index contributed by atoms with van der Waals surface area (Å²) in [6.07, 6.45) is 1.54. The van der Waals surface area contributed by atoms with Crippen molar-refractivity contribution in [1.29, 1.82) is 0 Å². The lowest BCUT2D eigenvalue weighted by atomic mass is 10.1. The number of hydrogen-bond donors (Lipinski definition) is 2. The van der Waals surface area contributed by atoms with E-state index < -0.39 is 0 Å². The van der Waals surface area contributed by atoms with Crippen LogP contribution in [-0.4, -0.2) is 42.2 Å². The Balaban J connectivity index is 1.74. The van der Waals surface area contributed by atoms with Crippen molar-refractivity contribution in [1.82, 2.24) is 15.0 Å². The number of nitrogens with zero attached hydrogens (tertiary/aromatic N) is 3. The highest BCUT2D eigenvalue weighted by molar-refractivity contribution is 5.90. The van der Waals surface area contributed by atoms with Gasteiger partial charge in [0, 0.05) is 17.8 Å². The van der Waals surface area contributed by atoms with E-state index in [1.54, 1.807) is 12.1 Å². The van der Waals surface area contributed by atoms with E-state index in [2.05, 4.69) is 25.6 Å². The van der Waals surface area contributed by atoms with Crippen molar-refractivity contribution in [3.8, 4) is 17.2 Å². The highest BCUT2D eigenvalue weighted by Crippen LogP contribution is 2.40. The summed E-state index contributed by atoms with van der Waals surface area (Å²) in [6, 6.07) is 12.9. The lowest BCUT2D eigenvalue weighted by Gasteiger charge is -2.14. The second-order valence-electron chi connectivity index (χ2n) is 5.88. The number of rotatable bonds is 8. The van der Waals surface area contributed by atoms with Crippen molar-refractivity contribution >= 4 is 23.5 Å². The van der Waals surface area contributed by atoms with Gasteiger partial charge in [-0.2, -0.15) is 4.98 Å². The van der Waals surface area contributed by atoms with Crippen LogP contribution in [0.15, 0.2) is 48.8 Å². The second-order valence-corrected chi connectivity index (χ2v) is 5.88. The summed E-state index contributed by atoms with van der Waals surface area (Å²) in [5.74, 6) is 1.63. The fourth-order valence-corrected chi connectivity index (χ4v) is 2.65. The maximum atomic E-state index is 12.2. The largest absolute Gasteiger partial charge is 0.493 e. The molecule has 3 aromatic rings. The Morgan fingerprint density at radius 1 is 0.931 bits per heavy atom. The number of benzene rings is 2. The van der Waals surface area contributed by atoms with Crippen LogP contribution in [0.25, 0.3) is 0 Å². The molecule has 29 heavy (non-hydrogen) atoms. The van der Waals surface area contributed by atoms with Gasteiger partial charge in [-0.15, -0.1) is 0 Å². The molecule has 1 aromatic heterocycles. The van der Waals surface area contributed by atoms with Crippen LogP contribution in [0.1, 0.15) is 5.56 Å². The molecule has 0 aliphatic carbocycles. The van der Waals surface area contributed by atoms with Gasteiger partial charge in [-0.1, -0.05) is 30.3 Å². The van der Waals surface area contributed by atoms with Crippen molar-refractivity contribution in [2.45, 2.75) is 6.42 Å². The molecule has 0 fully saturated rings. The average molecular weight is 395 g/mol. The van der Waals surface area contributed by atoms with Crippen LogP contribution >= 0.6 is 0 Å². The van der Waals surface area contributed by atoms with Gasteiger partial charge < -0.3 is 19.5 Å². The molecule has 9 heteroatoms. The zero-order valence-corrected chi connectivity index (χ0v) is 16.3. The van der Waals surface area contributed by atoms with Gasteiger partial charge >= 0.3 is 0 Å². The molecule has 150 valence electrons. The van der Waals surface area contributed by atoms with Gasteiger partial charge in [0.2, 0.25) is 23.6 Å². The molecule has 0 aliphatic rings. The first-order valence-corrected chi connectivity index (χ1v) is 8.72. The summed E-state index contributed by atoms with van der Waals surface area (Å²) in [6.45, 7) is 0. The van der Waals surface area contributed by atoms with Crippen molar-refractivity contribution < 1.29 is 19.0 Å². The van der Waals surface area contributed by atoms with Crippen molar-refractivity contribution in [3.63, 3.8) is 0 Å². The minimum Gasteiger partial charge on any atom is -0.493 e. The molecular formula is C20H21N5O4. The molecule has 1 amide bonds. The average Bonchev–Trinajstić information content (AvgIpc) is 2.73. The summed E-state index contributed by atoms with van der Waals surface area (Å²) < 4.78 is 16.0. The molecule has 9 nitrogen and oxygen atoms in total. The number of nitrogens with one attached hydrogen (secondary N) is 2. The molecule has 3 rings (SSSR count). The first-order chi connectivity index (χ1) is 14.1. The molecule has 0 radical (unpaired) electrons. The minimum absolute atomic E-state index is 0.149. The topological polar surface area (TPSA) is 107 Å². The van der Waals surface area contributed by atoms with Crippen LogP contribution in [0.2, 0.25) is 0 Å². The van der Waals surface area contributed by atoms with Gasteiger partial charge in [-0.3, -0.25) is 10.1 Å². The van der Waals surface area contributed by atoms with Crippen molar-refractivity contribution in [3.05, 3.63) is 54.4 Å². The molecule has 0 atom stereocenters. The molecule has 0 spiro atoms. The van der Waals surface area contributed by atoms with Crippen molar-refractivity contribution in [2.24, 2.45) is 0 Å². The van der Waals surface area contributed by atoms with Crippen LogP contribution in [0, 0.1) is 0 Å². The first kappa shape index (κ1) is 19.9. The SMILES string of the molecule is COc1cc(Nc2ncnc(NC(=O)Cc3ccccc3)n2)cc(OC)c1OC. The monoisotopic (exact) mass is 395 g/mol. The molecule has 0 bridgehead atoms. The number of anilines is 3. The standard InChI is InChI=1S/C20H21N5O4/c1-27-15-10-14(11-16(28-2)18(15)29-3)23-19-21-12-22-20(25-19)24-17(26)9-13-7-5-4-6-8-13/h4-8,10-12H,9H2,1-3H3,(H2,21,22,23,24,25,26). The lowest BCUT2D eigenvalue weighted by Crippen LogP contribution is -2.17. The third-order valence-electron chi connectivity index (χ3n) is 3.95. The predicted octanol–water partition coefficient (Wildman–Crippen LogP) is 2.82. The molecular weight excluding hydrogens is 374 g/mol. The number of carbonyl (C=O) groups excluding carboxylic acids is 1. The summed E-state index contributed by atoms with van der Waals surface area (Å²) in [7, 11) is 4.60. The lowest BCUT2D eigenvalue weighted by molar-refractivity contribution is -0.115. The number of hydrogen-bond acceptors (Lipinski definition) is 8. The predicted molar refractivity (Wildman–Crippen MR) is 108 cm³/mol. The van der Waals surface area contributed by atoms with E-state index in [1.807, 2.05) is 30.3 Å². The summed E-state index contributed by atoms with van der Waals surface area (Å²) >= 11 is 0. The molecule has 0 saturated heterocycles. The molecule has 0 aliphatic heterocycles. The Bertz CT molecular complexity index is 957. The summed E-state index contributed by atoms with van der Waals surface area (Å²) in [4.78, 5) is 24.5. The number of ether oxygens (including phenoxy) is 3. The third-order valence-corrected chi connectivity index (χ3v) is 3.95. The highest BCUT2D eigenvalue weighted by Gasteiger charge is 2.14. The maximum absolute atomic E-state index is 12.2. The fourth-order valence-electron chi connectivity index (χ4n) is 2.65. The van der Waals surface area contributed by atoms with Gasteiger partial charge in [0.1, 0.15) is 6.33 Å². The normalized spacial score (nSPS) is 10.2. The van der Waals surface area contributed by atoms with E-state index in [-0.39, 0.29) is 24.2 Å². The number of methoxy groups -OCH3 is 3. The number of amides is 1. The second kappa shape index (κ2) is 9.36. The van der Waals surface area contributed by atoms with Crippen LogP contribution in [-0.2, 0) is 11.2 Å². The summed E-state index contributed by atoms with van der Waals surface area (Å²) in [5.41, 5.74) is 1.52. The first-order valence-electron chi connectivity index (χ1n) is 8.72. The van der Waals surface area contributed by atoms with Crippen LogP contribution in [0.3, 0.4) is 0 Å². The number of aromatic nitrogens is 3. The number of carbonyl (C=O) groups is 1. The van der Waals surface area contributed by atoms with Gasteiger partial charge in [0.25, 0.3) is 0 Å². The quantitative estimate of drug-likeness (QED) is 0.600. The van der Waals surface area contributed by atoms with E-state index in [1.165, 1.54) is 27.7 Å². The van der Waals surface area contributed by atoms with E-state index in [0.717, 1.165) is 5.56 Å². The smallest absolute Gasteiger partial charge is 0.234 e. The highest BCUT2D eigenvalue weighted by atomic mass is 16.5. The molecule has 0 unspecified atom stereocenters. The summed E-state index contributed by atoms with van der Waals surface area (Å²) in [5, 5.41) is 5.71. The van der Waals surface area contributed by atoms with Gasteiger partial charge in [0.15, 0.2) is 11.5 Å². The third kappa shape index (κ3) is 5.10.